The minimum Gasteiger partial charge on any atom is -0.384 e. The fraction of sp³-hybridized carbons (Fsp3) is 0.667. The average molecular weight is 181 g/mol. The van der Waals surface area contributed by atoms with E-state index in [1.807, 2.05) is 0 Å². The van der Waals surface area contributed by atoms with E-state index < -0.39 is 5.60 Å². The first-order valence-electron chi connectivity index (χ1n) is 4.71. The lowest BCUT2D eigenvalue weighted by Gasteiger charge is -2.31. The monoisotopic (exact) mass is 181 g/mol. The quantitative estimate of drug-likeness (QED) is 0.613. The van der Waals surface area contributed by atoms with Gasteiger partial charge in [0.1, 0.15) is 5.60 Å². The zero-order valence-corrected chi connectivity index (χ0v) is 7.58. The van der Waals surface area contributed by atoms with Gasteiger partial charge in [-0.25, -0.2) is 0 Å². The lowest BCUT2D eigenvalue weighted by atomic mass is 9.82. The third-order valence-corrected chi connectivity index (χ3v) is 2.78. The van der Waals surface area contributed by atoms with Crippen LogP contribution in [0, 0.1) is 0 Å². The lowest BCUT2D eigenvalue weighted by molar-refractivity contribution is 0.00832. The van der Waals surface area contributed by atoms with E-state index in [4.69, 9.17) is 5.73 Å². The Hall–Kier alpha value is -0.870. The SMILES string of the molecule is NCCC1(O)CCCc2cn[nH]c21. The van der Waals surface area contributed by atoms with Crippen molar-refractivity contribution in [3.8, 4) is 0 Å². The Bertz CT molecular complexity index is 297. The van der Waals surface area contributed by atoms with Gasteiger partial charge in [0.2, 0.25) is 0 Å². The van der Waals surface area contributed by atoms with Crippen molar-refractivity contribution in [1.29, 1.82) is 0 Å². The number of hydrogen-bond donors (Lipinski definition) is 3. The molecule has 4 N–H and O–H groups in total. The predicted molar refractivity (Wildman–Crippen MR) is 49.1 cm³/mol. The van der Waals surface area contributed by atoms with Crippen LogP contribution in [0.15, 0.2) is 6.20 Å². The summed E-state index contributed by atoms with van der Waals surface area (Å²) in [6, 6.07) is 0. The maximum Gasteiger partial charge on any atom is 0.107 e. The molecule has 72 valence electrons. The van der Waals surface area contributed by atoms with Crippen LogP contribution in [0.5, 0.6) is 0 Å². The van der Waals surface area contributed by atoms with Gasteiger partial charge >= 0.3 is 0 Å². The normalized spacial score (nSPS) is 27.2. The molecule has 0 aliphatic heterocycles. The molecule has 0 bridgehead atoms. The van der Waals surface area contributed by atoms with Gasteiger partial charge in [-0.05, 0) is 37.8 Å². The number of nitrogens with two attached hydrogens (primary N) is 1. The number of nitrogens with one attached hydrogen (secondary N) is 1. The molecule has 2 rings (SSSR count). The first-order valence-corrected chi connectivity index (χ1v) is 4.71. The van der Waals surface area contributed by atoms with Gasteiger partial charge < -0.3 is 10.8 Å². The second-order valence-electron chi connectivity index (χ2n) is 3.69. The van der Waals surface area contributed by atoms with Crippen molar-refractivity contribution >= 4 is 0 Å². The smallest absolute Gasteiger partial charge is 0.107 e. The van der Waals surface area contributed by atoms with Crippen molar-refractivity contribution in [3.63, 3.8) is 0 Å². The molecule has 1 unspecified atom stereocenters. The number of hydrogen-bond acceptors (Lipinski definition) is 3. The van der Waals surface area contributed by atoms with Crippen LogP contribution in [0.25, 0.3) is 0 Å². The van der Waals surface area contributed by atoms with Crippen molar-refractivity contribution in [3.05, 3.63) is 17.5 Å². The molecule has 0 spiro atoms. The van der Waals surface area contributed by atoms with Crippen molar-refractivity contribution in [2.75, 3.05) is 6.54 Å². The molecule has 1 heterocycles. The molecule has 0 saturated carbocycles. The fourth-order valence-corrected chi connectivity index (χ4v) is 2.09. The Morgan fingerprint density at radius 3 is 3.31 bits per heavy atom. The molecule has 1 aromatic rings. The van der Waals surface area contributed by atoms with Gasteiger partial charge in [0.15, 0.2) is 0 Å². The summed E-state index contributed by atoms with van der Waals surface area (Å²) >= 11 is 0. The van der Waals surface area contributed by atoms with E-state index in [1.54, 1.807) is 6.20 Å². The van der Waals surface area contributed by atoms with Gasteiger partial charge in [-0.15, -0.1) is 0 Å². The summed E-state index contributed by atoms with van der Waals surface area (Å²) in [6.07, 6.45) is 5.24. The molecule has 1 aromatic heterocycles. The minimum absolute atomic E-state index is 0.509. The highest BCUT2D eigenvalue weighted by Gasteiger charge is 2.35. The standard InChI is InChI=1S/C9H15N3O/c10-5-4-9(13)3-1-2-7-6-11-12-8(7)9/h6,13H,1-5,10H2,(H,11,12). The Balaban J connectivity index is 2.33. The Morgan fingerprint density at radius 2 is 2.54 bits per heavy atom. The number of rotatable bonds is 2. The fourth-order valence-electron chi connectivity index (χ4n) is 2.09. The summed E-state index contributed by atoms with van der Waals surface area (Å²) in [5, 5.41) is 17.1. The number of aromatic amines is 1. The zero-order chi connectivity index (χ0) is 9.31. The Labute approximate surface area is 77.1 Å². The van der Waals surface area contributed by atoms with E-state index in [0.29, 0.717) is 13.0 Å². The van der Waals surface area contributed by atoms with Crippen LogP contribution in [-0.2, 0) is 12.0 Å². The number of nitrogens with zero attached hydrogens (tertiary/aromatic N) is 1. The van der Waals surface area contributed by atoms with Gasteiger partial charge in [-0.2, -0.15) is 5.10 Å². The van der Waals surface area contributed by atoms with Gasteiger partial charge in [0.05, 0.1) is 11.9 Å². The first kappa shape index (κ1) is 8.72. The van der Waals surface area contributed by atoms with Crippen LogP contribution in [-0.4, -0.2) is 21.8 Å². The second-order valence-corrected chi connectivity index (χ2v) is 3.69. The lowest BCUT2D eigenvalue weighted by Crippen LogP contribution is -2.33. The predicted octanol–water partition coefficient (Wildman–Crippen LogP) is 0.282. The third kappa shape index (κ3) is 1.36. The van der Waals surface area contributed by atoms with Gasteiger partial charge in [-0.3, -0.25) is 5.10 Å². The Morgan fingerprint density at radius 1 is 1.69 bits per heavy atom. The van der Waals surface area contributed by atoms with Crippen LogP contribution in [0.1, 0.15) is 30.5 Å². The van der Waals surface area contributed by atoms with E-state index in [1.165, 1.54) is 0 Å². The highest BCUT2D eigenvalue weighted by molar-refractivity contribution is 5.25. The summed E-state index contributed by atoms with van der Waals surface area (Å²) < 4.78 is 0. The summed E-state index contributed by atoms with van der Waals surface area (Å²) in [6.45, 7) is 0.509. The number of fused-ring (bicyclic) bond motifs is 1. The molecule has 1 atom stereocenters. The Kier molecular flexibility index (Phi) is 2.09. The molecule has 4 heteroatoms. The second kappa shape index (κ2) is 3.12. The largest absolute Gasteiger partial charge is 0.384 e. The molecule has 1 aliphatic carbocycles. The molecule has 0 radical (unpaired) electrons. The molecule has 0 aromatic carbocycles. The van der Waals surface area contributed by atoms with Crippen LogP contribution >= 0.6 is 0 Å². The zero-order valence-electron chi connectivity index (χ0n) is 7.58. The number of H-pyrrole nitrogens is 1. The van der Waals surface area contributed by atoms with Gasteiger partial charge in [0, 0.05) is 0 Å². The summed E-state index contributed by atoms with van der Waals surface area (Å²) in [5.41, 5.74) is 6.74. The average Bonchev–Trinajstić information content (AvgIpc) is 2.54. The molecular formula is C9H15N3O. The molecule has 1 aliphatic rings. The molecule has 0 fully saturated rings. The highest BCUT2D eigenvalue weighted by atomic mass is 16.3. The third-order valence-electron chi connectivity index (χ3n) is 2.78. The topological polar surface area (TPSA) is 74.9 Å². The van der Waals surface area contributed by atoms with Crippen molar-refractivity contribution < 1.29 is 5.11 Å². The van der Waals surface area contributed by atoms with Crippen LogP contribution < -0.4 is 5.73 Å². The van der Waals surface area contributed by atoms with Crippen LogP contribution in [0.4, 0.5) is 0 Å². The highest BCUT2D eigenvalue weighted by Crippen LogP contribution is 2.35. The molecule has 0 saturated heterocycles. The minimum atomic E-state index is -0.751. The van der Waals surface area contributed by atoms with E-state index in [-0.39, 0.29) is 0 Å². The molecular weight excluding hydrogens is 166 g/mol. The summed E-state index contributed by atoms with van der Waals surface area (Å²) in [5.74, 6) is 0. The van der Waals surface area contributed by atoms with Crippen molar-refractivity contribution in [2.24, 2.45) is 5.73 Å². The van der Waals surface area contributed by atoms with Crippen LogP contribution in [0.2, 0.25) is 0 Å². The summed E-state index contributed by atoms with van der Waals surface area (Å²) in [7, 11) is 0. The van der Waals surface area contributed by atoms with Crippen LogP contribution in [0.3, 0.4) is 0 Å². The van der Waals surface area contributed by atoms with E-state index >= 15 is 0 Å². The van der Waals surface area contributed by atoms with Crippen molar-refractivity contribution in [1.82, 2.24) is 10.2 Å². The van der Waals surface area contributed by atoms with Gasteiger partial charge in [-0.1, -0.05) is 0 Å². The van der Waals surface area contributed by atoms with E-state index in [2.05, 4.69) is 10.2 Å². The maximum absolute atomic E-state index is 10.3. The maximum atomic E-state index is 10.3. The molecule has 4 nitrogen and oxygen atoms in total. The number of aliphatic hydroxyl groups is 1. The van der Waals surface area contributed by atoms with Gasteiger partial charge in [0.25, 0.3) is 0 Å². The van der Waals surface area contributed by atoms with E-state index in [9.17, 15) is 5.11 Å². The van der Waals surface area contributed by atoms with Crippen molar-refractivity contribution in [2.45, 2.75) is 31.3 Å². The van der Waals surface area contributed by atoms with E-state index in [0.717, 1.165) is 30.5 Å². The first-order chi connectivity index (χ1) is 6.26. The molecule has 0 amide bonds. The number of aryl methyl sites for hydroxylation is 1. The molecule has 13 heavy (non-hydrogen) atoms. The summed E-state index contributed by atoms with van der Waals surface area (Å²) in [4.78, 5) is 0. The number of aromatic nitrogens is 2.